The van der Waals surface area contributed by atoms with Gasteiger partial charge in [0, 0.05) is 25.9 Å². The van der Waals surface area contributed by atoms with E-state index in [0.29, 0.717) is 31.8 Å². The molecule has 1 heterocycles. The Morgan fingerprint density at radius 2 is 2.40 bits per heavy atom. The molecule has 0 atom stereocenters. The summed E-state index contributed by atoms with van der Waals surface area (Å²) in [6, 6.07) is 0. The van der Waals surface area contributed by atoms with Gasteiger partial charge in [0.15, 0.2) is 6.33 Å². The van der Waals surface area contributed by atoms with Crippen LogP contribution >= 0.6 is 0 Å². The molecule has 0 fully saturated rings. The van der Waals surface area contributed by atoms with Gasteiger partial charge >= 0.3 is 0 Å². The Kier molecular flexibility index (Phi) is 5.39. The second-order valence-corrected chi connectivity index (χ2v) is 3.04. The highest BCUT2D eigenvalue weighted by Crippen LogP contribution is 1.90. The number of rotatable bonds is 7. The summed E-state index contributed by atoms with van der Waals surface area (Å²) in [5.41, 5.74) is 0. The topological polar surface area (TPSA) is 80.0 Å². The van der Waals surface area contributed by atoms with Crippen LogP contribution in [0, 0.1) is 0 Å². The van der Waals surface area contributed by atoms with Gasteiger partial charge in [-0.25, -0.2) is 0 Å². The molecule has 0 radical (unpaired) electrons. The SMILES string of the molecule is CCNCCC(=O)NCCc1ncno1. The molecule has 0 saturated heterocycles. The number of carbonyl (C=O) groups excluding carboxylic acids is 1. The lowest BCUT2D eigenvalue weighted by molar-refractivity contribution is -0.120. The van der Waals surface area contributed by atoms with Crippen molar-refractivity contribution in [2.24, 2.45) is 0 Å². The van der Waals surface area contributed by atoms with Gasteiger partial charge in [-0.2, -0.15) is 4.98 Å². The van der Waals surface area contributed by atoms with Crippen molar-refractivity contribution in [3.63, 3.8) is 0 Å². The summed E-state index contributed by atoms with van der Waals surface area (Å²) in [5.74, 6) is 0.581. The van der Waals surface area contributed by atoms with E-state index in [1.807, 2.05) is 6.92 Å². The maximum atomic E-state index is 11.2. The highest BCUT2D eigenvalue weighted by Gasteiger charge is 2.02. The van der Waals surface area contributed by atoms with E-state index in [-0.39, 0.29) is 5.91 Å². The molecule has 2 N–H and O–H groups in total. The van der Waals surface area contributed by atoms with Gasteiger partial charge in [-0.1, -0.05) is 12.1 Å². The van der Waals surface area contributed by atoms with E-state index in [1.165, 1.54) is 6.33 Å². The normalized spacial score (nSPS) is 10.2. The Morgan fingerprint density at radius 3 is 3.07 bits per heavy atom. The van der Waals surface area contributed by atoms with Gasteiger partial charge in [0.05, 0.1) is 0 Å². The first kappa shape index (κ1) is 11.6. The summed E-state index contributed by atoms with van der Waals surface area (Å²) >= 11 is 0. The van der Waals surface area contributed by atoms with E-state index in [4.69, 9.17) is 4.52 Å². The molecule has 0 aliphatic rings. The maximum Gasteiger partial charge on any atom is 0.228 e. The number of carbonyl (C=O) groups is 1. The standard InChI is InChI=1S/C9H16N4O2/c1-2-10-5-3-8(14)11-6-4-9-12-7-13-15-9/h7,10H,2-6H2,1H3,(H,11,14). The van der Waals surface area contributed by atoms with Gasteiger partial charge < -0.3 is 15.2 Å². The average molecular weight is 212 g/mol. The quantitative estimate of drug-likeness (QED) is 0.608. The van der Waals surface area contributed by atoms with E-state index < -0.39 is 0 Å². The summed E-state index contributed by atoms with van der Waals surface area (Å²) < 4.78 is 4.79. The van der Waals surface area contributed by atoms with Gasteiger partial charge in [0.1, 0.15) is 0 Å². The average Bonchev–Trinajstić information content (AvgIpc) is 2.71. The molecule has 1 aromatic rings. The number of nitrogens with one attached hydrogen (secondary N) is 2. The second kappa shape index (κ2) is 6.94. The monoisotopic (exact) mass is 212 g/mol. The van der Waals surface area contributed by atoms with Crippen LogP contribution in [-0.4, -0.2) is 35.7 Å². The molecule has 0 saturated carbocycles. The van der Waals surface area contributed by atoms with Crippen molar-refractivity contribution in [3.8, 4) is 0 Å². The van der Waals surface area contributed by atoms with Crippen LogP contribution in [0.2, 0.25) is 0 Å². The van der Waals surface area contributed by atoms with Crippen molar-refractivity contribution in [3.05, 3.63) is 12.2 Å². The van der Waals surface area contributed by atoms with Crippen LogP contribution in [-0.2, 0) is 11.2 Å². The molecular weight excluding hydrogens is 196 g/mol. The largest absolute Gasteiger partial charge is 0.356 e. The third-order valence-electron chi connectivity index (χ3n) is 1.85. The minimum atomic E-state index is 0.0375. The number of hydrogen-bond donors (Lipinski definition) is 2. The number of nitrogens with zero attached hydrogens (tertiary/aromatic N) is 2. The van der Waals surface area contributed by atoms with Gasteiger partial charge in [-0.05, 0) is 6.54 Å². The zero-order valence-electron chi connectivity index (χ0n) is 8.82. The van der Waals surface area contributed by atoms with E-state index in [2.05, 4.69) is 20.8 Å². The molecule has 0 aromatic carbocycles. The molecule has 0 spiro atoms. The predicted molar refractivity (Wildman–Crippen MR) is 54.2 cm³/mol. The Morgan fingerprint density at radius 1 is 1.53 bits per heavy atom. The van der Waals surface area contributed by atoms with Gasteiger partial charge in [0.25, 0.3) is 0 Å². The van der Waals surface area contributed by atoms with E-state index in [1.54, 1.807) is 0 Å². The van der Waals surface area contributed by atoms with Crippen LogP contribution in [0.3, 0.4) is 0 Å². The molecule has 0 unspecified atom stereocenters. The molecule has 6 nitrogen and oxygen atoms in total. The zero-order chi connectivity index (χ0) is 10.9. The fourth-order valence-corrected chi connectivity index (χ4v) is 1.08. The van der Waals surface area contributed by atoms with Gasteiger partial charge in [-0.3, -0.25) is 4.79 Å². The number of amides is 1. The molecule has 1 rings (SSSR count). The van der Waals surface area contributed by atoms with Crippen molar-refractivity contribution in [2.45, 2.75) is 19.8 Å². The van der Waals surface area contributed by atoms with Crippen LogP contribution in [0.1, 0.15) is 19.2 Å². The Balaban J connectivity index is 2.02. The summed E-state index contributed by atoms with van der Waals surface area (Å²) in [5, 5.41) is 9.33. The fraction of sp³-hybridized carbons (Fsp3) is 0.667. The Labute approximate surface area is 88.4 Å². The van der Waals surface area contributed by atoms with Gasteiger partial charge in [-0.15, -0.1) is 0 Å². The van der Waals surface area contributed by atoms with Crippen molar-refractivity contribution in [1.82, 2.24) is 20.8 Å². The molecule has 1 amide bonds. The van der Waals surface area contributed by atoms with Crippen LogP contribution in [0.4, 0.5) is 0 Å². The maximum absolute atomic E-state index is 11.2. The molecular formula is C9H16N4O2. The molecule has 0 bridgehead atoms. The minimum absolute atomic E-state index is 0.0375. The first-order chi connectivity index (χ1) is 7.33. The number of hydrogen-bond acceptors (Lipinski definition) is 5. The molecule has 6 heteroatoms. The lowest BCUT2D eigenvalue weighted by Gasteiger charge is -2.03. The van der Waals surface area contributed by atoms with Crippen LogP contribution in [0.25, 0.3) is 0 Å². The lowest BCUT2D eigenvalue weighted by Crippen LogP contribution is -2.29. The molecule has 15 heavy (non-hydrogen) atoms. The molecule has 1 aromatic heterocycles. The summed E-state index contributed by atoms with van der Waals surface area (Å²) in [7, 11) is 0. The molecule has 84 valence electrons. The highest BCUT2D eigenvalue weighted by atomic mass is 16.5. The Bertz CT molecular complexity index is 274. The third-order valence-corrected chi connectivity index (χ3v) is 1.85. The zero-order valence-corrected chi connectivity index (χ0v) is 8.82. The fourth-order valence-electron chi connectivity index (χ4n) is 1.08. The van der Waals surface area contributed by atoms with Gasteiger partial charge in [0.2, 0.25) is 11.8 Å². The summed E-state index contributed by atoms with van der Waals surface area (Å²) in [6.45, 7) is 4.14. The minimum Gasteiger partial charge on any atom is -0.356 e. The summed E-state index contributed by atoms with van der Waals surface area (Å²) in [6.07, 6.45) is 2.42. The first-order valence-electron chi connectivity index (χ1n) is 5.06. The van der Waals surface area contributed by atoms with Crippen LogP contribution in [0.5, 0.6) is 0 Å². The third kappa shape index (κ3) is 5.11. The summed E-state index contributed by atoms with van der Waals surface area (Å²) in [4.78, 5) is 15.1. The van der Waals surface area contributed by atoms with Crippen LogP contribution < -0.4 is 10.6 Å². The lowest BCUT2D eigenvalue weighted by atomic mass is 10.3. The van der Waals surface area contributed by atoms with Crippen LogP contribution in [0.15, 0.2) is 10.9 Å². The molecule has 0 aliphatic heterocycles. The van der Waals surface area contributed by atoms with Crippen molar-refractivity contribution in [1.29, 1.82) is 0 Å². The second-order valence-electron chi connectivity index (χ2n) is 3.04. The first-order valence-corrected chi connectivity index (χ1v) is 5.06. The Hall–Kier alpha value is -1.43. The van der Waals surface area contributed by atoms with Crippen molar-refractivity contribution >= 4 is 5.91 Å². The van der Waals surface area contributed by atoms with Crippen molar-refractivity contribution < 1.29 is 9.32 Å². The smallest absolute Gasteiger partial charge is 0.228 e. The predicted octanol–water partition coefficient (Wildman–Crippen LogP) is -0.272. The number of aromatic nitrogens is 2. The van der Waals surface area contributed by atoms with E-state index in [0.717, 1.165) is 6.54 Å². The van der Waals surface area contributed by atoms with Crippen molar-refractivity contribution in [2.75, 3.05) is 19.6 Å². The highest BCUT2D eigenvalue weighted by molar-refractivity contribution is 5.76. The van der Waals surface area contributed by atoms with E-state index >= 15 is 0 Å². The van der Waals surface area contributed by atoms with E-state index in [9.17, 15) is 4.79 Å². The molecule has 0 aliphatic carbocycles.